The summed E-state index contributed by atoms with van der Waals surface area (Å²) in [4.78, 5) is 30.3. The van der Waals surface area contributed by atoms with Gasteiger partial charge in [-0.15, -0.1) is 11.3 Å². The lowest BCUT2D eigenvalue weighted by atomic mass is 10.1. The SMILES string of the molecule is CS(=O)(=O)c1ccc2c(c1)CCN2C(=O)NC1CCCN(C(=O)Cc2cccs2)C1. The first-order chi connectivity index (χ1) is 14.3. The van der Waals surface area contributed by atoms with E-state index >= 15 is 0 Å². The Morgan fingerprint density at radius 2 is 2.07 bits per heavy atom. The van der Waals surface area contributed by atoms with Crippen molar-refractivity contribution < 1.29 is 18.0 Å². The molecule has 1 N–H and O–H groups in total. The van der Waals surface area contributed by atoms with Gasteiger partial charge in [-0.1, -0.05) is 6.07 Å². The van der Waals surface area contributed by atoms with Gasteiger partial charge < -0.3 is 10.2 Å². The van der Waals surface area contributed by atoms with E-state index in [2.05, 4.69) is 5.32 Å². The highest BCUT2D eigenvalue weighted by molar-refractivity contribution is 7.90. The summed E-state index contributed by atoms with van der Waals surface area (Å²) in [5, 5.41) is 5.03. The number of fused-ring (bicyclic) bond motifs is 1. The quantitative estimate of drug-likeness (QED) is 0.780. The number of anilines is 1. The molecule has 0 bridgehead atoms. The van der Waals surface area contributed by atoms with Crippen LogP contribution < -0.4 is 10.2 Å². The van der Waals surface area contributed by atoms with Gasteiger partial charge in [0.15, 0.2) is 9.84 Å². The molecule has 1 saturated heterocycles. The van der Waals surface area contributed by atoms with Crippen LogP contribution in [-0.4, -0.2) is 57.2 Å². The van der Waals surface area contributed by atoms with Crippen molar-refractivity contribution in [2.45, 2.75) is 36.6 Å². The van der Waals surface area contributed by atoms with Crippen LogP contribution in [0.2, 0.25) is 0 Å². The summed E-state index contributed by atoms with van der Waals surface area (Å²) >= 11 is 1.58. The van der Waals surface area contributed by atoms with Gasteiger partial charge in [0.05, 0.1) is 11.3 Å². The number of piperidine rings is 1. The number of hydrogen-bond acceptors (Lipinski definition) is 5. The van der Waals surface area contributed by atoms with Crippen LogP contribution in [0.3, 0.4) is 0 Å². The lowest BCUT2D eigenvalue weighted by molar-refractivity contribution is -0.131. The fraction of sp³-hybridized carbons (Fsp3) is 0.429. The second-order valence-corrected chi connectivity index (χ2v) is 10.9. The summed E-state index contributed by atoms with van der Waals surface area (Å²) in [6, 6.07) is 8.53. The molecule has 9 heteroatoms. The van der Waals surface area contributed by atoms with Crippen LogP contribution >= 0.6 is 11.3 Å². The Labute approximate surface area is 180 Å². The normalized spacial score (nSPS) is 18.9. The average molecular weight is 448 g/mol. The van der Waals surface area contributed by atoms with Gasteiger partial charge in [0.1, 0.15) is 0 Å². The zero-order valence-corrected chi connectivity index (χ0v) is 18.5. The summed E-state index contributed by atoms with van der Waals surface area (Å²) in [6.07, 6.45) is 3.91. The van der Waals surface area contributed by atoms with E-state index in [0.717, 1.165) is 35.5 Å². The topological polar surface area (TPSA) is 86.8 Å². The number of nitrogens with one attached hydrogen (secondary N) is 1. The predicted molar refractivity (Wildman–Crippen MR) is 117 cm³/mol. The van der Waals surface area contributed by atoms with Crippen LogP contribution in [0.1, 0.15) is 23.3 Å². The molecule has 30 heavy (non-hydrogen) atoms. The van der Waals surface area contributed by atoms with Crippen molar-refractivity contribution in [3.63, 3.8) is 0 Å². The van der Waals surface area contributed by atoms with Gasteiger partial charge in [0, 0.05) is 42.5 Å². The molecule has 1 atom stereocenters. The van der Waals surface area contributed by atoms with Crippen molar-refractivity contribution in [3.8, 4) is 0 Å². The lowest BCUT2D eigenvalue weighted by Gasteiger charge is -2.34. The maximum atomic E-state index is 12.9. The molecule has 160 valence electrons. The Balaban J connectivity index is 1.38. The number of benzene rings is 1. The zero-order valence-electron chi connectivity index (χ0n) is 16.8. The van der Waals surface area contributed by atoms with Crippen molar-refractivity contribution in [1.82, 2.24) is 10.2 Å². The molecule has 3 amide bonds. The molecule has 1 unspecified atom stereocenters. The van der Waals surface area contributed by atoms with E-state index in [1.54, 1.807) is 34.4 Å². The first-order valence-electron chi connectivity index (χ1n) is 10.0. The predicted octanol–water partition coefficient (Wildman–Crippen LogP) is 2.46. The molecule has 4 rings (SSSR count). The monoisotopic (exact) mass is 447 g/mol. The van der Waals surface area contributed by atoms with Crippen molar-refractivity contribution >= 4 is 38.8 Å². The number of carbonyl (C=O) groups excluding carboxylic acids is 2. The van der Waals surface area contributed by atoms with Crippen LogP contribution in [-0.2, 0) is 27.5 Å². The third kappa shape index (κ3) is 4.52. The highest BCUT2D eigenvalue weighted by Gasteiger charge is 2.30. The van der Waals surface area contributed by atoms with Crippen LogP contribution in [0.15, 0.2) is 40.6 Å². The minimum absolute atomic E-state index is 0.0853. The standard InChI is InChI=1S/C21H25N3O4S2/c1-30(27,28)18-6-7-19-15(12-18)8-10-24(19)21(26)22-16-4-2-9-23(14-16)20(25)13-17-5-3-11-29-17/h3,5-7,11-12,16H,2,4,8-10,13-14H2,1H3,(H,22,26). The fourth-order valence-electron chi connectivity index (χ4n) is 4.07. The summed E-state index contributed by atoms with van der Waals surface area (Å²) in [5.74, 6) is 0.0937. The first-order valence-corrected chi connectivity index (χ1v) is 12.8. The first kappa shape index (κ1) is 20.9. The minimum Gasteiger partial charge on any atom is -0.340 e. The van der Waals surface area contributed by atoms with Crippen LogP contribution in [0, 0.1) is 0 Å². The molecule has 3 heterocycles. The summed E-state index contributed by atoms with van der Waals surface area (Å²) < 4.78 is 23.5. The van der Waals surface area contributed by atoms with Gasteiger partial charge in [0.25, 0.3) is 0 Å². The van der Waals surface area contributed by atoms with E-state index in [-0.39, 0.29) is 22.9 Å². The number of amides is 3. The number of carbonyl (C=O) groups is 2. The number of urea groups is 1. The van der Waals surface area contributed by atoms with Crippen LogP contribution in [0.25, 0.3) is 0 Å². The van der Waals surface area contributed by atoms with Gasteiger partial charge in [-0.3, -0.25) is 9.69 Å². The van der Waals surface area contributed by atoms with Gasteiger partial charge in [-0.05, 0) is 54.5 Å². The molecule has 0 saturated carbocycles. The Morgan fingerprint density at radius 1 is 1.23 bits per heavy atom. The zero-order chi connectivity index (χ0) is 21.3. The molecule has 1 fully saturated rings. The van der Waals surface area contributed by atoms with Crippen molar-refractivity contribution in [2.75, 3.05) is 30.8 Å². The van der Waals surface area contributed by atoms with E-state index in [1.165, 1.54) is 6.26 Å². The van der Waals surface area contributed by atoms with Gasteiger partial charge in [-0.25, -0.2) is 13.2 Å². The van der Waals surface area contributed by atoms with E-state index in [4.69, 9.17) is 0 Å². The maximum Gasteiger partial charge on any atom is 0.322 e. The number of likely N-dealkylation sites (tertiary alicyclic amines) is 1. The number of rotatable bonds is 4. The van der Waals surface area contributed by atoms with E-state index in [9.17, 15) is 18.0 Å². The van der Waals surface area contributed by atoms with E-state index in [0.29, 0.717) is 25.9 Å². The molecule has 7 nitrogen and oxygen atoms in total. The molecule has 0 spiro atoms. The molecular formula is C21H25N3O4S2. The number of thiophene rings is 1. The minimum atomic E-state index is -3.27. The molecule has 1 aromatic heterocycles. The molecule has 1 aromatic carbocycles. The Morgan fingerprint density at radius 3 is 2.80 bits per heavy atom. The fourth-order valence-corrected chi connectivity index (χ4v) is 5.44. The van der Waals surface area contributed by atoms with Crippen LogP contribution in [0.4, 0.5) is 10.5 Å². The number of hydrogen-bond donors (Lipinski definition) is 1. The summed E-state index contributed by atoms with van der Waals surface area (Å²) in [6.45, 7) is 1.75. The molecule has 0 radical (unpaired) electrons. The second-order valence-electron chi connectivity index (χ2n) is 7.85. The Bertz CT molecular complexity index is 1050. The molecule has 2 aromatic rings. The molecule has 2 aliphatic rings. The largest absolute Gasteiger partial charge is 0.340 e. The van der Waals surface area contributed by atoms with Gasteiger partial charge in [0.2, 0.25) is 5.91 Å². The van der Waals surface area contributed by atoms with Crippen molar-refractivity contribution in [1.29, 1.82) is 0 Å². The Kier molecular flexibility index (Phi) is 5.84. The molecule has 0 aliphatic carbocycles. The number of nitrogens with zero attached hydrogens (tertiary/aromatic N) is 2. The van der Waals surface area contributed by atoms with Crippen LogP contribution in [0.5, 0.6) is 0 Å². The number of sulfone groups is 1. The maximum absolute atomic E-state index is 12.9. The third-order valence-electron chi connectivity index (χ3n) is 5.63. The molecule has 2 aliphatic heterocycles. The third-order valence-corrected chi connectivity index (χ3v) is 7.61. The molecular weight excluding hydrogens is 422 g/mol. The second kappa shape index (κ2) is 8.39. The summed E-state index contributed by atoms with van der Waals surface area (Å²) in [5.41, 5.74) is 1.62. The van der Waals surface area contributed by atoms with Gasteiger partial charge >= 0.3 is 6.03 Å². The highest BCUT2D eigenvalue weighted by Crippen LogP contribution is 2.30. The van der Waals surface area contributed by atoms with Gasteiger partial charge in [-0.2, -0.15) is 0 Å². The van der Waals surface area contributed by atoms with E-state index in [1.807, 2.05) is 22.4 Å². The average Bonchev–Trinajstić information content (AvgIpc) is 3.36. The van der Waals surface area contributed by atoms with Crippen molar-refractivity contribution in [3.05, 3.63) is 46.2 Å². The lowest BCUT2D eigenvalue weighted by Crippen LogP contribution is -2.52. The smallest absolute Gasteiger partial charge is 0.322 e. The summed E-state index contributed by atoms with van der Waals surface area (Å²) in [7, 11) is -3.27. The van der Waals surface area contributed by atoms with Crippen molar-refractivity contribution in [2.24, 2.45) is 0 Å². The highest BCUT2D eigenvalue weighted by atomic mass is 32.2. The van der Waals surface area contributed by atoms with E-state index < -0.39 is 9.84 Å². The Hall–Kier alpha value is -2.39.